The van der Waals surface area contributed by atoms with Crippen LogP contribution in [0, 0.1) is 17.8 Å². The van der Waals surface area contributed by atoms with Crippen molar-refractivity contribution in [2.24, 2.45) is 17.8 Å². The Morgan fingerprint density at radius 3 is 1.84 bits per heavy atom. The summed E-state index contributed by atoms with van der Waals surface area (Å²) in [7, 11) is 0. The largest absolute Gasteiger partial charge is 0.511 e. The zero-order chi connectivity index (χ0) is 35.9. The Labute approximate surface area is 290 Å². The van der Waals surface area contributed by atoms with E-state index in [0.717, 1.165) is 22.3 Å². The predicted octanol–water partition coefficient (Wildman–Crippen LogP) is 8.21. The van der Waals surface area contributed by atoms with Crippen molar-refractivity contribution in [1.29, 1.82) is 0 Å². The fourth-order valence-electron chi connectivity index (χ4n) is 5.31. The Morgan fingerprint density at radius 2 is 1.24 bits per heavy atom. The molecule has 0 heterocycles. The van der Waals surface area contributed by atoms with E-state index in [9.17, 15) is 19.2 Å². The van der Waals surface area contributed by atoms with Crippen molar-refractivity contribution in [3.8, 4) is 11.1 Å². The summed E-state index contributed by atoms with van der Waals surface area (Å²) in [5, 5.41) is 3.03. The molecule has 264 valence electrons. The summed E-state index contributed by atoms with van der Waals surface area (Å²) in [5.74, 6) is -1.65. The smallest absolute Gasteiger partial charge is 0.457 e. The predicted molar refractivity (Wildman–Crippen MR) is 188 cm³/mol. The summed E-state index contributed by atoms with van der Waals surface area (Å²) in [5.41, 5.74) is 4.03. The second-order valence-electron chi connectivity index (χ2n) is 13.1. The van der Waals surface area contributed by atoms with Crippen LogP contribution in [0.15, 0.2) is 84.9 Å². The summed E-state index contributed by atoms with van der Waals surface area (Å²) in [6, 6.07) is 27.2. The van der Waals surface area contributed by atoms with Crippen LogP contribution >= 0.6 is 0 Å². The maximum absolute atomic E-state index is 13.2. The monoisotopic (exact) mass is 673 g/mol. The molecule has 9 heteroatoms. The summed E-state index contributed by atoms with van der Waals surface area (Å²) >= 11 is 0. The van der Waals surface area contributed by atoms with Crippen LogP contribution in [0.3, 0.4) is 0 Å². The van der Waals surface area contributed by atoms with Gasteiger partial charge in [-0.1, -0.05) is 113 Å². The van der Waals surface area contributed by atoms with Gasteiger partial charge in [0.15, 0.2) is 0 Å². The van der Waals surface area contributed by atoms with Gasteiger partial charge in [0.05, 0.1) is 18.4 Å². The van der Waals surface area contributed by atoms with Gasteiger partial charge in [-0.05, 0) is 60.8 Å². The van der Waals surface area contributed by atoms with Crippen molar-refractivity contribution in [1.82, 2.24) is 5.32 Å². The van der Waals surface area contributed by atoms with Crippen molar-refractivity contribution < 1.29 is 38.1 Å². The van der Waals surface area contributed by atoms with Gasteiger partial charge in [-0.2, -0.15) is 0 Å². The van der Waals surface area contributed by atoms with Gasteiger partial charge in [0.2, 0.25) is 12.2 Å². The van der Waals surface area contributed by atoms with Gasteiger partial charge in [0.1, 0.15) is 6.10 Å². The molecular formula is C40H51NO8. The minimum absolute atomic E-state index is 0.0679. The average Bonchev–Trinajstić information content (AvgIpc) is 3.06. The summed E-state index contributed by atoms with van der Waals surface area (Å²) < 4.78 is 21.2. The van der Waals surface area contributed by atoms with Gasteiger partial charge in [0.25, 0.3) is 0 Å². The molecule has 0 aliphatic rings. The molecule has 49 heavy (non-hydrogen) atoms. The first-order valence-corrected chi connectivity index (χ1v) is 17.1. The normalized spacial score (nSPS) is 14.2. The van der Waals surface area contributed by atoms with E-state index in [0.29, 0.717) is 6.42 Å². The lowest BCUT2D eigenvalue weighted by molar-refractivity contribution is -0.173. The van der Waals surface area contributed by atoms with Crippen molar-refractivity contribution in [3.63, 3.8) is 0 Å². The number of amides is 1. The summed E-state index contributed by atoms with van der Waals surface area (Å²) in [4.78, 5) is 51.0. The van der Waals surface area contributed by atoms with Gasteiger partial charge in [-0.15, -0.1) is 0 Å². The standard InChI is InChI=1S/C40H51NO8/c1-26(2)29(6)38(34-16-12-9-13-17-34)49-37(43)23-22-36(42)41-35(24-28(5)39(44)47-30(7)48-40(45)46-27(3)4)25-31-18-20-33(21-19-31)32-14-10-8-11-15-32/h8-21,26-30,35,38H,22-25H2,1-7H3,(H,41,42). The van der Waals surface area contributed by atoms with E-state index in [1.807, 2.05) is 84.9 Å². The maximum Gasteiger partial charge on any atom is 0.511 e. The lowest BCUT2D eigenvalue weighted by Crippen LogP contribution is -2.39. The van der Waals surface area contributed by atoms with E-state index in [2.05, 4.69) is 26.1 Å². The Morgan fingerprint density at radius 1 is 0.653 bits per heavy atom. The van der Waals surface area contributed by atoms with Crippen molar-refractivity contribution in [2.75, 3.05) is 0 Å². The highest BCUT2D eigenvalue weighted by atomic mass is 16.8. The minimum atomic E-state index is -1.15. The molecule has 0 aromatic heterocycles. The van der Waals surface area contributed by atoms with Crippen LogP contribution in [0.25, 0.3) is 11.1 Å². The van der Waals surface area contributed by atoms with E-state index in [1.54, 1.807) is 20.8 Å². The quantitative estimate of drug-likeness (QED) is 0.0866. The average molecular weight is 674 g/mol. The van der Waals surface area contributed by atoms with E-state index >= 15 is 0 Å². The number of esters is 2. The Balaban J connectivity index is 1.66. The second-order valence-corrected chi connectivity index (χ2v) is 13.1. The number of benzene rings is 3. The number of rotatable bonds is 17. The third-order valence-electron chi connectivity index (χ3n) is 8.30. The molecular weight excluding hydrogens is 622 g/mol. The summed E-state index contributed by atoms with van der Waals surface area (Å²) in [6.07, 6.45) is -2.34. The minimum Gasteiger partial charge on any atom is -0.457 e. The van der Waals surface area contributed by atoms with Crippen LogP contribution in [-0.4, -0.2) is 42.4 Å². The SMILES string of the molecule is CC(C)OC(=O)OC(C)OC(=O)C(C)CC(Cc1ccc(-c2ccccc2)cc1)NC(=O)CCC(=O)OC(c1ccccc1)C(C)C(C)C. The molecule has 0 bridgehead atoms. The molecule has 3 rings (SSSR count). The lowest BCUT2D eigenvalue weighted by atomic mass is 9.88. The molecule has 0 saturated heterocycles. The first-order valence-electron chi connectivity index (χ1n) is 17.1. The van der Waals surface area contributed by atoms with E-state index in [-0.39, 0.29) is 43.1 Å². The van der Waals surface area contributed by atoms with Gasteiger partial charge in [0, 0.05) is 19.4 Å². The number of nitrogens with one attached hydrogen (secondary N) is 1. The third kappa shape index (κ3) is 13.4. The molecule has 0 aliphatic carbocycles. The van der Waals surface area contributed by atoms with Crippen LogP contribution in [0.4, 0.5) is 4.79 Å². The molecule has 0 radical (unpaired) electrons. The maximum atomic E-state index is 13.2. The zero-order valence-corrected chi connectivity index (χ0v) is 29.7. The molecule has 9 nitrogen and oxygen atoms in total. The molecule has 3 aromatic carbocycles. The third-order valence-corrected chi connectivity index (χ3v) is 8.30. The van der Waals surface area contributed by atoms with Crippen LogP contribution in [0.1, 0.15) is 85.0 Å². The lowest BCUT2D eigenvalue weighted by Gasteiger charge is -2.27. The van der Waals surface area contributed by atoms with Crippen molar-refractivity contribution in [3.05, 3.63) is 96.1 Å². The number of carbonyl (C=O) groups is 4. The first-order chi connectivity index (χ1) is 23.3. The van der Waals surface area contributed by atoms with Crippen molar-refractivity contribution >= 4 is 24.0 Å². The molecule has 3 aromatic rings. The summed E-state index contributed by atoms with van der Waals surface area (Å²) in [6.45, 7) is 12.7. The van der Waals surface area contributed by atoms with Crippen LogP contribution < -0.4 is 5.32 Å². The van der Waals surface area contributed by atoms with Gasteiger partial charge >= 0.3 is 18.1 Å². The highest BCUT2D eigenvalue weighted by Gasteiger charge is 2.28. The molecule has 1 amide bonds. The highest BCUT2D eigenvalue weighted by Crippen LogP contribution is 2.31. The highest BCUT2D eigenvalue weighted by molar-refractivity contribution is 5.81. The molecule has 0 aliphatic heterocycles. The zero-order valence-electron chi connectivity index (χ0n) is 29.7. The fourth-order valence-corrected chi connectivity index (χ4v) is 5.31. The fraction of sp³-hybridized carbons (Fsp3) is 0.450. The van der Waals surface area contributed by atoms with Gasteiger partial charge in [-0.3, -0.25) is 14.4 Å². The van der Waals surface area contributed by atoms with Gasteiger partial charge in [-0.25, -0.2) is 4.79 Å². The van der Waals surface area contributed by atoms with Crippen LogP contribution in [0.5, 0.6) is 0 Å². The molecule has 0 fully saturated rings. The van der Waals surface area contributed by atoms with Crippen LogP contribution in [-0.2, 0) is 39.8 Å². The molecule has 1 N–H and O–H groups in total. The molecule has 5 unspecified atom stereocenters. The van der Waals surface area contributed by atoms with E-state index in [4.69, 9.17) is 18.9 Å². The van der Waals surface area contributed by atoms with Crippen LogP contribution in [0.2, 0.25) is 0 Å². The Bertz CT molecular complexity index is 1470. The Hall–Kier alpha value is -4.66. The molecule has 0 saturated carbocycles. The number of hydrogen-bond donors (Lipinski definition) is 1. The van der Waals surface area contributed by atoms with E-state index < -0.39 is 42.4 Å². The first kappa shape index (κ1) is 38.8. The molecule has 0 spiro atoms. The molecule has 5 atom stereocenters. The topological polar surface area (TPSA) is 117 Å². The van der Waals surface area contributed by atoms with Crippen molar-refractivity contribution in [2.45, 2.75) is 98.7 Å². The second kappa shape index (κ2) is 19.4. The van der Waals surface area contributed by atoms with Gasteiger partial charge < -0.3 is 24.3 Å². The number of hydrogen-bond acceptors (Lipinski definition) is 8. The number of ether oxygens (including phenoxy) is 4. The Kier molecular flexibility index (Phi) is 15.3. The number of carbonyl (C=O) groups excluding carboxylic acids is 4. The van der Waals surface area contributed by atoms with E-state index in [1.165, 1.54) is 6.92 Å².